The fraction of sp³-hybridized carbons (Fsp3) is 0.300. The Morgan fingerprint density at radius 3 is 2.63 bits per heavy atom. The second kappa shape index (κ2) is 8.66. The minimum Gasteiger partial charge on any atom is -0.354 e. The topological polar surface area (TPSA) is 82.6 Å². The number of amides is 1. The van der Waals surface area contributed by atoms with Crippen LogP contribution in [0.5, 0.6) is 0 Å². The number of anilines is 1. The van der Waals surface area contributed by atoms with Crippen LogP contribution in [0, 0.1) is 5.82 Å². The Balaban J connectivity index is 1.30. The molecule has 1 amide bonds. The number of benzene rings is 1. The number of hydrogen-bond acceptors (Lipinski definition) is 6. The minimum absolute atomic E-state index is 0.00164. The van der Waals surface area contributed by atoms with Crippen LogP contribution in [0.4, 0.5) is 10.2 Å². The van der Waals surface area contributed by atoms with Crippen LogP contribution < -0.4 is 10.2 Å². The van der Waals surface area contributed by atoms with Gasteiger partial charge in [-0.05, 0) is 30.3 Å². The molecular formula is C20H21FN4O3S2. The van der Waals surface area contributed by atoms with Crippen LogP contribution in [0.2, 0.25) is 0 Å². The van der Waals surface area contributed by atoms with E-state index >= 15 is 0 Å². The number of sulfonamides is 1. The predicted molar refractivity (Wildman–Crippen MR) is 116 cm³/mol. The van der Waals surface area contributed by atoms with Crippen LogP contribution in [-0.4, -0.2) is 62.1 Å². The lowest BCUT2D eigenvalue weighted by atomic mass is 10.2. The third kappa shape index (κ3) is 4.45. The van der Waals surface area contributed by atoms with Crippen LogP contribution in [0.25, 0.3) is 10.1 Å². The second-order valence-electron chi connectivity index (χ2n) is 6.91. The van der Waals surface area contributed by atoms with Gasteiger partial charge in [-0.15, -0.1) is 11.3 Å². The monoisotopic (exact) mass is 448 g/mol. The first-order chi connectivity index (χ1) is 14.4. The highest BCUT2D eigenvalue weighted by atomic mass is 32.2. The van der Waals surface area contributed by atoms with Gasteiger partial charge in [-0.1, -0.05) is 12.1 Å². The van der Waals surface area contributed by atoms with Crippen molar-refractivity contribution in [2.24, 2.45) is 0 Å². The first-order valence-electron chi connectivity index (χ1n) is 9.54. The van der Waals surface area contributed by atoms with Crippen molar-refractivity contribution in [1.29, 1.82) is 0 Å². The number of hydrogen-bond donors (Lipinski definition) is 1. The SMILES string of the molecule is O=C(NCCS(=O)(=O)N1CCN(c2ccccn2)CC1)c1cc2c(F)cccc2s1. The highest BCUT2D eigenvalue weighted by molar-refractivity contribution is 7.89. The highest BCUT2D eigenvalue weighted by Gasteiger charge is 2.27. The zero-order valence-electron chi connectivity index (χ0n) is 16.1. The number of pyridine rings is 1. The van der Waals surface area contributed by atoms with E-state index in [1.807, 2.05) is 23.1 Å². The normalized spacial score (nSPS) is 15.4. The van der Waals surface area contributed by atoms with Crippen molar-refractivity contribution in [3.05, 3.63) is 59.4 Å². The smallest absolute Gasteiger partial charge is 0.261 e. The van der Waals surface area contributed by atoms with Crippen molar-refractivity contribution in [2.75, 3.05) is 43.4 Å². The molecule has 1 aliphatic heterocycles. The summed E-state index contributed by atoms with van der Waals surface area (Å²) < 4.78 is 41.2. The van der Waals surface area contributed by atoms with Gasteiger partial charge in [0.15, 0.2) is 0 Å². The second-order valence-corrected chi connectivity index (χ2v) is 10.1. The summed E-state index contributed by atoms with van der Waals surface area (Å²) in [6.07, 6.45) is 1.71. The molecule has 1 aliphatic rings. The van der Waals surface area contributed by atoms with Gasteiger partial charge in [0.1, 0.15) is 11.6 Å². The van der Waals surface area contributed by atoms with Crippen molar-refractivity contribution < 1.29 is 17.6 Å². The van der Waals surface area contributed by atoms with Crippen LogP contribution in [0.15, 0.2) is 48.7 Å². The Kier molecular flexibility index (Phi) is 5.98. The molecule has 0 aliphatic carbocycles. The summed E-state index contributed by atoms with van der Waals surface area (Å²) in [7, 11) is -3.48. The van der Waals surface area contributed by atoms with E-state index in [0.717, 1.165) is 5.82 Å². The maximum atomic E-state index is 13.8. The molecule has 3 aromatic rings. The third-order valence-electron chi connectivity index (χ3n) is 4.98. The van der Waals surface area contributed by atoms with Crippen LogP contribution in [-0.2, 0) is 10.0 Å². The molecule has 0 bridgehead atoms. The minimum atomic E-state index is -3.48. The van der Waals surface area contributed by atoms with Crippen molar-refractivity contribution in [2.45, 2.75) is 0 Å². The maximum Gasteiger partial charge on any atom is 0.261 e. The molecule has 3 heterocycles. The third-order valence-corrected chi connectivity index (χ3v) is 7.95. The zero-order chi connectivity index (χ0) is 21.1. The summed E-state index contributed by atoms with van der Waals surface area (Å²) in [5.74, 6) is -0.121. The Bertz CT molecular complexity index is 1140. The summed E-state index contributed by atoms with van der Waals surface area (Å²) in [5.41, 5.74) is 0. The summed E-state index contributed by atoms with van der Waals surface area (Å²) in [4.78, 5) is 19.0. The summed E-state index contributed by atoms with van der Waals surface area (Å²) >= 11 is 1.18. The van der Waals surface area contributed by atoms with E-state index in [1.54, 1.807) is 18.3 Å². The van der Waals surface area contributed by atoms with Gasteiger partial charge in [0, 0.05) is 49.0 Å². The molecule has 0 unspecified atom stereocenters. The Morgan fingerprint density at radius 1 is 1.13 bits per heavy atom. The van der Waals surface area contributed by atoms with Gasteiger partial charge in [-0.25, -0.2) is 17.8 Å². The van der Waals surface area contributed by atoms with E-state index in [1.165, 1.54) is 27.8 Å². The first-order valence-corrected chi connectivity index (χ1v) is 12.0. The van der Waals surface area contributed by atoms with Crippen molar-refractivity contribution >= 4 is 43.2 Å². The molecule has 7 nitrogen and oxygen atoms in total. The lowest BCUT2D eigenvalue weighted by Gasteiger charge is -2.34. The number of carbonyl (C=O) groups is 1. The largest absolute Gasteiger partial charge is 0.354 e. The summed E-state index contributed by atoms with van der Waals surface area (Å²) in [6, 6.07) is 11.8. The average molecular weight is 449 g/mol. The molecule has 0 atom stereocenters. The molecule has 1 N–H and O–H groups in total. The fourth-order valence-corrected chi connectivity index (χ4v) is 5.71. The number of rotatable bonds is 6. The van der Waals surface area contributed by atoms with E-state index in [-0.39, 0.29) is 18.1 Å². The lowest BCUT2D eigenvalue weighted by Crippen LogP contribution is -2.50. The molecule has 0 saturated carbocycles. The Hall–Kier alpha value is -2.56. The number of halogens is 1. The maximum absolute atomic E-state index is 13.8. The number of thiophene rings is 1. The van der Waals surface area contributed by atoms with Gasteiger partial charge >= 0.3 is 0 Å². The van der Waals surface area contributed by atoms with E-state index in [0.29, 0.717) is 41.1 Å². The quantitative estimate of drug-likeness (QED) is 0.626. The van der Waals surface area contributed by atoms with Crippen LogP contribution in [0.1, 0.15) is 9.67 Å². The number of carbonyl (C=O) groups excluding carboxylic acids is 1. The van der Waals surface area contributed by atoms with Gasteiger partial charge in [0.25, 0.3) is 5.91 Å². The lowest BCUT2D eigenvalue weighted by molar-refractivity contribution is 0.0960. The molecule has 30 heavy (non-hydrogen) atoms. The van der Waals surface area contributed by atoms with Crippen molar-refractivity contribution in [1.82, 2.24) is 14.6 Å². The summed E-state index contributed by atoms with van der Waals surface area (Å²) in [5, 5.41) is 3.03. The summed E-state index contributed by atoms with van der Waals surface area (Å²) in [6.45, 7) is 1.88. The first kappa shape index (κ1) is 20.7. The van der Waals surface area contributed by atoms with Crippen LogP contribution in [0.3, 0.4) is 0 Å². The van der Waals surface area contributed by atoms with Gasteiger partial charge in [0.2, 0.25) is 10.0 Å². The number of fused-ring (bicyclic) bond motifs is 1. The number of nitrogens with zero attached hydrogens (tertiary/aromatic N) is 3. The van der Waals surface area contributed by atoms with Gasteiger partial charge in [-0.2, -0.15) is 4.31 Å². The molecule has 0 radical (unpaired) electrons. The van der Waals surface area contributed by atoms with Gasteiger partial charge in [-0.3, -0.25) is 4.79 Å². The molecule has 4 rings (SSSR count). The van der Waals surface area contributed by atoms with E-state index in [2.05, 4.69) is 10.3 Å². The van der Waals surface area contributed by atoms with E-state index < -0.39 is 15.9 Å². The molecule has 0 spiro atoms. The molecule has 2 aromatic heterocycles. The molecule has 158 valence electrons. The molecule has 1 fully saturated rings. The number of aromatic nitrogens is 1. The number of nitrogens with one attached hydrogen (secondary N) is 1. The fourth-order valence-electron chi connectivity index (χ4n) is 3.38. The van der Waals surface area contributed by atoms with Gasteiger partial charge in [0.05, 0.1) is 10.6 Å². The molecule has 1 aromatic carbocycles. The molecule has 10 heteroatoms. The van der Waals surface area contributed by atoms with Crippen LogP contribution >= 0.6 is 11.3 Å². The number of piperazine rings is 1. The van der Waals surface area contributed by atoms with Crippen molar-refractivity contribution in [3.63, 3.8) is 0 Å². The zero-order valence-corrected chi connectivity index (χ0v) is 17.8. The highest BCUT2D eigenvalue weighted by Crippen LogP contribution is 2.27. The van der Waals surface area contributed by atoms with E-state index in [9.17, 15) is 17.6 Å². The predicted octanol–water partition coefficient (Wildman–Crippen LogP) is 2.32. The molecular weight excluding hydrogens is 427 g/mol. The van der Waals surface area contributed by atoms with Crippen molar-refractivity contribution in [3.8, 4) is 0 Å². The average Bonchev–Trinajstić information content (AvgIpc) is 3.20. The molecule has 1 saturated heterocycles. The van der Waals surface area contributed by atoms with E-state index in [4.69, 9.17) is 0 Å². The Labute approximate surface area is 178 Å². The Morgan fingerprint density at radius 2 is 1.93 bits per heavy atom. The van der Waals surface area contributed by atoms with Gasteiger partial charge < -0.3 is 10.2 Å². The standard InChI is InChI=1S/C20H21FN4O3S2/c21-16-4-3-5-17-15(16)14-18(29-17)20(26)23-8-13-30(27,28)25-11-9-24(10-12-25)19-6-1-2-7-22-19/h1-7,14H,8-13H2,(H,23,26).